The summed E-state index contributed by atoms with van der Waals surface area (Å²) in [6.07, 6.45) is 4.12. The molecule has 0 saturated carbocycles. The van der Waals surface area contributed by atoms with Gasteiger partial charge in [0.05, 0.1) is 6.61 Å². The van der Waals surface area contributed by atoms with E-state index in [0.29, 0.717) is 6.04 Å². The Morgan fingerprint density at radius 2 is 2.56 bits per heavy atom. The summed E-state index contributed by atoms with van der Waals surface area (Å²) < 4.78 is 5.22. The van der Waals surface area contributed by atoms with Gasteiger partial charge in [0.15, 0.2) is 0 Å². The summed E-state index contributed by atoms with van der Waals surface area (Å²) in [6, 6.07) is 0.510. The van der Waals surface area contributed by atoms with Crippen molar-refractivity contribution in [3.05, 3.63) is 12.8 Å². The van der Waals surface area contributed by atoms with Crippen LogP contribution in [0.5, 0.6) is 0 Å². The second-order valence-corrected chi connectivity index (χ2v) is 2.28. The highest BCUT2D eigenvalue weighted by atomic mass is 16.5. The van der Waals surface area contributed by atoms with Crippen molar-refractivity contribution in [2.24, 2.45) is 0 Å². The lowest BCUT2D eigenvalue weighted by atomic mass is 10.1. The molecule has 1 saturated heterocycles. The van der Waals surface area contributed by atoms with E-state index in [2.05, 4.69) is 11.9 Å². The first-order chi connectivity index (χ1) is 4.43. The van der Waals surface area contributed by atoms with Crippen molar-refractivity contribution < 1.29 is 4.74 Å². The number of rotatable bonds is 2. The largest absolute Gasteiger partial charge is 0.386 e. The number of hydrogen-bond acceptors (Lipinski definition) is 2. The molecule has 1 unspecified atom stereocenters. The van der Waals surface area contributed by atoms with Gasteiger partial charge in [-0.3, -0.25) is 0 Å². The minimum absolute atomic E-state index is 0.510. The van der Waals surface area contributed by atoms with Crippen LogP contribution >= 0.6 is 0 Å². The minimum atomic E-state index is 0.510. The first-order valence-corrected chi connectivity index (χ1v) is 3.38. The molecule has 1 atom stereocenters. The summed E-state index contributed by atoms with van der Waals surface area (Å²) in [7, 11) is 0. The van der Waals surface area contributed by atoms with Crippen molar-refractivity contribution in [3.63, 3.8) is 0 Å². The van der Waals surface area contributed by atoms with E-state index in [0.717, 1.165) is 13.2 Å². The van der Waals surface area contributed by atoms with Crippen molar-refractivity contribution in [2.75, 3.05) is 13.2 Å². The van der Waals surface area contributed by atoms with Crippen LogP contribution in [-0.2, 0) is 4.74 Å². The molecule has 9 heavy (non-hydrogen) atoms. The maximum Gasteiger partial charge on any atom is 0.0667 e. The molecule has 0 bridgehead atoms. The summed E-state index contributed by atoms with van der Waals surface area (Å²) in [5.74, 6) is 0. The number of ether oxygens (including phenoxy) is 1. The van der Waals surface area contributed by atoms with Crippen molar-refractivity contribution in [1.29, 1.82) is 0 Å². The van der Waals surface area contributed by atoms with Crippen LogP contribution in [0, 0.1) is 0 Å². The molecule has 52 valence electrons. The van der Waals surface area contributed by atoms with E-state index in [1.54, 1.807) is 6.20 Å². The molecule has 0 aliphatic carbocycles. The lowest BCUT2D eigenvalue weighted by molar-refractivity contribution is 0.0748. The molecule has 1 N–H and O–H groups in total. The summed E-state index contributed by atoms with van der Waals surface area (Å²) >= 11 is 0. The van der Waals surface area contributed by atoms with Crippen LogP contribution in [0.4, 0.5) is 0 Å². The van der Waals surface area contributed by atoms with Gasteiger partial charge in [0.25, 0.3) is 0 Å². The lowest BCUT2D eigenvalue weighted by Gasteiger charge is -2.21. The Kier molecular flexibility index (Phi) is 2.58. The third-order valence-electron chi connectivity index (χ3n) is 1.51. The van der Waals surface area contributed by atoms with E-state index in [9.17, 15) is 0 Å². The molecule has 1 heterocycles. The Morgan fingerprint density at radius 1 is 1.67 bits per heavy atom. The highest BCUT2D eigenvalue weighted by molar-refractivity contribution is 4.75. The zero-order chi connectivity index (χ0) is 6.53. The molecule has 1 aliphatic heterocycles. The minimum Gasteiger partial charge on any atom is -0.386 e. The fourth-order valence-corrected chi connectivity index (χ4v) is 1.04. The number of nitrogens with one attached hydrogen (secondary N) is 1. The molecule has 0 aromatic carbocycles. The molecule has 1 aliphatic rings. The van der Waals surface area contributed by atoms with Crippen LogP contribution in [0.3, 0.4) is 0 Å². The van der Waals surface area contributed by atoms with Gasteiger partial charge in [-0.25, -0.2) is 0 Å². The van der Waals surface area contributed by atoms with E-state index in [-0.39, 0.29) is 0 Å². The van der Waals surface area contributed by atoms with Gasteiger partial charge in [-0.1, -0.05) is 6.58 Å². The van der Waals surface area contributed by atoms with Crippen LogP contribution in [0.1, 0.15) is 12.8 Å². The molecule has 1 rings (SSSR count). The zero-order valence-electron chi connectivity index (χ0n) is 5.60. The summed E-state index contributed by atoms with van der Waals surface area (Å²) in [5, 5.41) is 3.12. The maximum absolute atomic E-state index is 5.22. The van der Waals surface area contributed by atoms with E-state index in [4.69, 9.17) is 4.74 Å². The van der Waals surface area contributed by atoms with Crippen molar-refractivity contribution in [2.45, 2.75) is 18.9 Å². The predicted molar refractivity (Wildman–Crippen MR) is 37.2 cm³/mol. The molecule has 2 nitrogen and oxygen atoms in total. The van der Waals surface area contributed by atoms with Gasteiger partial charge in [0, 0.05) is 12.6 Å². The van der Waals surface area contributed by atoms with Crippen molar-refractivity contribution >= 4 is 0 Å². The number of hydrogen-bond donors (Lipinski definition) is 1. The summed E-state index contributed by atoms with van der Waals surface area (Å²) in [6.45, 7) is 5.35. The van der Waals surface area contributed by atoms with Gasteiger partial charge < -0.3 is 10.1 Å². The third-order valence-corrected chi connectivity index (χ3v) is 1.51. The average Bonchev–Trinajstić information content (AvgIpc) is 1.91. The maximum atomic E-state index is 5.22. The molecule has 2 heteroatoms. The third kappa shape index (κ3) is 2.06. The van der Waals surface area contributed by atoms with Gasteiger partial charge in [-0.15, -0.1) is 0 Å². The fourth-order valence-electron chi connectivity index (χ4n) is 1.04. The molecular weight excluding hydrogens is 114 g/mol. The second-order valence-electron chi connectivity index (χ2n) is 2.28. The highest BCUT2D eigenvalue weighted by Crippen LogP contribution is 2.04. The monoisotopic (exact) mass is 127 g/mol. The van der Waals surface area contributed by atoms with Crippen LogP contribution in [-0.4, -0.2) is 19.3 Å². The fraction of sp³-hybridized carbons (Fsp3) is 0.714. The van der Waals surface area contributed by atoms with Crippen LogP contribution < -0.4 is 5.32 Å². The SMILES string of the molecule is C=CNC1CCCOC1. The van der Waals surface area contributed by atoms with E-state index in [1.165, 1.54) is 12.8 Å². The van der Waals surface area contributed by atoms with Crippen molar-refractivity contribution in [1.82, 2.24) is 5.32 Å². The summed E-state index contributed by atoms with van der Waals surface area (Å²) in [4.78, 5) is 0. The lowest BCUT2D eigenvalue weighted by Crippen LogP contribution is -2.33. The molecule has 0 aromatic rings. The average molecular weight is 127 g/mol. The quantitative estimate of drug-likeness (QED) is 0.595. The van der Waals surface area contributed by atoms with E-state index >= 15 is 0 Å². The van der Waals surface area contributed by atoms with Gasteiger partial charge in [0.2, 0.25) is 0 Å². The van der Waals surface area contributed by atoms with Crippen LogP contribution in [0.25, 0.3) is 0 Å². The van der Waals surface area contributed by atoms with Crippen LogP contribution in [0.2, 0.25) is 0 Å². The van der Waals surface area contributed by atoms with Crippen LogP contribution in [0.15, 0.2) is 12.8 Å². The zero-order valence-corrected chi connectivity index (χ0v) is 5.60. The molecule has 0 spiro atoms. The Balaban J connectivity index is 2.15. The van der Waals surface area contributed by atoms with E-state index < -0.39 is 0 Å². The Labute approximate surface area is 55.9 Å². The molecule has 0 aromatic heterocycles. The van der Waals surface area contributed by atoms with Gasteiger partial charge in [-0.2, -0.15) is 0 Å². The van der Waals surface area contributed by atoms with E-state index in [1.807, 2.05) is 0 Å². The molecular formula is C7H13NO. The van der Waals surface area contributed by atoms with Crippen molar-refractivity contribution in [3.8, 4) is 0 Å². The predicted octanol–water partition coefficient (Wildman–Crippen LogP) is 0.898. The normalized spacial score (nSPS) is 27.3. The Bertz CT molecular complexity index is 86.9. The molecule has 0 amide bonds. The van der Waals surface area contributed by atoms with Gasteiger partial charge in [-0.05, 0) is 19.0 Å². The molecule has 0 radical (unpaired) electrons. The van der Waals surface area contributed by atoms with Gasteiger partial charge >= 0.3 is 0 Å². The highest BCUT2D eigenvalue weighted by Gasteiger charge is 2.10. The Morgan fingerprint density at radius 3 is 3.11 bits per heavy atom. The first kappa shape index (κ1) is 6.62. The second kappa shape index (κ2) is 3.51. The topological polar surface area (TPSA) is 21.3 Å². The Hall–Kier alpha value is -0.500. The standard InChI is InChI=1S/C7H13NO/c1-2-8-7-4-3-5-9-6-7/h2,7-8H,1,3-6H2. The smallest absolute Gasteiger partial charge is 0.0667 e. The summed E-state index contributed by atoms with van der Waals surface area (Å²) in [5.41, 5.74) is 0. The first-order valence-electron chi connectivity index (χ1n) is 3.38. The van der Waals surface area contributed by atoms with Gasteiger partial charge in [0.1, 0.15) is 0 Å². The molecule has 1 fully saturated rings.